The van der Waals surface area contributed by atoms with Gasteiger partial charge < -0.3 is 19.7 Å². The van der Waals surface area contributed by atoms with Gasteiger partial charge in [-0.25, -0.2) is 4.79 Å². The summed E-state index contributed by atoms with van der Waals surface area (Å²) in [6.07, 6.45) is 3.34. The number of amides is 3. The Kier molecular flexibility index (Phi) is 7.17. The van der Waals surface area contributed by atoms with Crippen molar-refractivity contribution in [2.45, 2.75) is 26.2 Å². The number of nitrogens with one attached hydrogen (secondary N) is 1. The number of nitrogens with zero attached hydrogens (tertiary/aromatic N) is 2. The lowest BCUT2D eigenvalue weighted by Crippen LogP contribution is -2.37. The van der Waals surface area contributed by atoms with Crippen molar-refractivity contribution in [2.75, 3.05) is 44.1 Å². The van der Waals surface area contributed by atoms with Crippen LogP contribution < -0.4 is 19.7 Å². The van der Waals surface area contributed by atoms with E-state index >= 15 is 0 Å². The van der Waals surface area contributed by atoms with Crippen LogP contribution in [0.5, 0.6) is 11.5 Å². The van der Waals surface area contributed by atoms with E-state index in [0.717, 1.165) is 24.9 Å². The van der Waals surface area contributed by atoms with Crippen molar-refractivity contribution in [1.82, 2.24) is 4.90 Å². The summed E-state index contributed by atoms with van der Waals surface area (Å²) >= 11 is 0. The van der Waals surface area contributed by atoms with E-state index in [-0.39, 0.29) is 18.5 Å². The summed E-state index contributed by atoms with van der Waals surface area (Å²) in [6, 6.07) is 12.9. The quantitative estimate of drug-likeness (QED) is 0.679. The Morgan fingerprint density at radius 1 is 1.07 bits per heavy atom. The predicted molar refractivity (Wildman–Crippen MR) is 118 cm³/mol. The van der Waals surface area contributed by atoms with Crippen LogP contribution in [0.3, 0.4) is 0 Å². The number of methoxy groups -OCH3 is 2. The minimum absolute atomic E-state index is 0.000790. The van der Waals surface area contributed by atoms with E-state index in [1.807, 2.05) is 24.3 Å². The van der Waals surface area contributed by atoms with E-state index in [4.69, 9.17) is 9.47 Å². The predicted octanol–water partition coefficient (Wildman–Crippen LogP) is 3.93. The minimum atomic E-state index is -0.230. The fourth-order valence-electron chi connectivity index (χ4n) is 3.47. The summed E-state index contributed by atoms with van der Waals surface area (Å²) in [5, 5.41) is 2.87. The number of carbonyl (C=O) groups is 2. The fraction of sp³-hybridized carbons (Fsp3) is 0.391. The fourth-order valence-corrected chi connectivity index (χ4v) is 3.47. The summed E-state index contributed by atoms with van der Waals surface area (Å²) in [4.78, 5) is 28.5. The lowest BCUT2D eigenvalue weighted by Gasteiger charge is -2.21. The standard InChI is InChI=1S/C23H29N3O4/c1-4-5-6-17-7-9-18(10-8-17)24-22(27)16-25-13-14-26(23(25)28)20-15-19(29-2)11-12-21(20)30-3/h7-12,15H,4-6,13-14,16H2,1-3H3,(H,24,27). The maximum absolute atomic E-state index is 12.9. The molecule has 1 heterocycles. The third kappa shape index (κ3) is 5.03. The van der Waals surface area contributed by atoms with Gasteiger partial charge in [0, 0.05) is 24.8 Å². The van der Waals surface area contributed by atoms with Crippen molar-refractivity contribution in [3.8, 4) is 11.5 Å². The molecule has 7 heteroatoms. The molecule has 0 unspecified atom stereocenters. The number of carbonyl (C=O) groups excluding carboxylic acids is 2. The molecule has 0 saturated carbocycles. The summed E-state index contributed by atoms with van der Waals surface area (Å²) in [7, 11) is 3.13. The monoisotopic (exact) mass is 411 g/mol. The topological polar surface area (TPSA) is 71.1 Å². The van der Waals surface area contributed by atoms with E-state index in [2.05, 4.69) is 12.2 Å². The van der Waals surface area contributed by atoms with Gasteiger partial charge >= 0.3 is 6.03 Å². The summed E-state index contributed by atoms with van der Waals surface area (Å²) in [5.41, 5.74) is 2.62. The highest BCUT2D eigenvalue weighted by molar-refractivity contribution is 6.00. The molecule has 0 atom stereocenters. The minimum Gasteiger partial charge on any atom is -0.497 e. The first kappa shape index (κ1) is 21.5. The second-order valence-electron chi connectivity index (χ2n) is 7.24. The number of rotatable bonds is 9. The lowest BCUT2D eigenvalue weighted by atomic mass is 10.1. The van der Waals surface area contributed by atoms with E-state index in [9.17, 15) is 9.59 Å². The van der Waals surface area contributed by atoms with Gasteiger partial charge in [0.05, 0.1) is 19.9 Å². The van der Waals surface area contributed by atoms with Crippen molar-refractivity contribution < 1.29 is 19.1 Å². The molecule has 0 radical (unpaired) electrons. The zero-order chi connectivity index (χ0) is 21.5. The number of anilines is 2. The van der Waals surface area contributed by atoms with Crippen LogP contribution in [0, 0.1) is 0 Å². The van der Waals surface area contributed by atoms with Gasteiger partial charge in [0.1, 0.15) is 18.0 Å². The number of benzene rings is 2. The van der Waals surface area contributed by atoms with Gasteiger partial charge in [-0.3, -0.25) is 9.69 Å². The van der Waals surface area contributed by atoms with Gasteiger partial charge in [-0.15, -0.1) is 0 Å². The van der Waals surface area contributed by atoms with Crippen LogP contribution >= 0.6 is 0 Å². The van der Waals surface area contributed by atoms with E-state index in [1.54, 1.807) is 37.3 Å². The van der Waals surface area contributed by atoms with Crippen molar-refractivity contribution in [3.63, 3.8) is 0 Å². The molecule has 0 spiro atoms. The number of aryl methyl sites for hydroxylation is 1. The third-order valence-corrected chi connectivity index (χ3v) is 5.16. The number of unbranched alkanes of at least 4 members (excludes halogenated alkanes) is 1. The van der Waals surface area contributed by atoms with Crippen LogP contribution in [0.4, 0.5) is 16.2 Å². The molecule has 0 bridgehead atoms. The van der Waals surface area contributed by atoms with Crippen molar-refractivity contribution in [3.05, 3.63) is 48.0 Å². The van der Waals surface area contributed by atoms with Crippen molar-refractivity contribution in [2.24, 2.45) is 0 Å². The molecule has 1 aliphatic heterocycles. The Balaban J connectivity index is 1.61. The molecule has 7 nitrogen and oxygen atoms in total. The zero-order valence-electron chi connectivity index (χ0n) is 17.8. The Morgan fingerprint density at radius 2 is 1.83 bits per heavy atom. The van der Waals surface area contributed by atoms with E-state index in [1.165, 1.54) is 10.5 Å². The van der Waals surface area contributed by atoms with Crippen molar-refractivity contribution >= 4 is 23.3 Å². The largest absolute Gasteiger partial charge is 0.497 e. The molecular formula is C23H29N3O4. The maximum Gasteiger partial charge on any atom is 0.325 e. The second kappa shape index (κ2) is 10.0. The van der Waals surface area contributed by atoms with Crippen LogP contribution in [0.2, 0.25) is 0 Å². The first-order chi connectivity index (χ1) is 14.5. The lowest BCUT2D eigenvalue weighted by molar-refractivity contribution is -0.116. The highest BCUT2D eigenvalue weighted by Gasteiger charge is 2.32. The molecule has 160 valence electrons. The molecule has 30 heavy (non-hydrogen) atoms. The van der Waals surface area contributed by atoms with Gasteiger partial charge in [-0.2, -0.15) is 0 Å². The molecule has 1 aliphatic rings. The number of hydrogen-bond acceptors (Lipinski definition) is 4. The molecule has 2 aromatic carbocycles. The van der Waals surface area contributed by atoms with Crippen LogP contribution in [-0.4, -0.2) is 50.7 Å². The number of hydrogen-bond donors (Lipinski definition) is 1. The van der Waals surface area contributed by atoms with Crippen LogP contribution in [0.15, 0.2) is 42.5 Å². The maximum atomic E-state index is 12.9. The molecule has 2 aromatic rings. The van der Waals surface area contributed by atoms with E-state index < -0.39 is 0 Å². The van der Waals surface area contributed by atoms with Gasteiger partial charge in [0.2, 0.25) is 5.91 Å². The Bertz CT molecular complexity index is 883. The first-order valence-corrected chi connectivity index (χ1v) is 10.2. The van der Waals surface area contributed by atoms with Crippen LogP contribution in [0.1, 0.15) is 25.3 Å². The normalized spacial score (nSPS) is 13.5. The summed E-state index contributed by atoms with van der Waals surface area (Å²) in [6.45, 7) is 3.10. The average molecular weight is 412 g/mol. The Labute approximate surface area is 177 Å². The SMILES string of the molecule is CCCCc1ccc(NC(=O)CN2CCN(c3cc(OC)ccc3OC)C2=O)cc1. The highest BCUT2D eigenvalue weighted by Crippen LogP contribution is 2.34. The van der Waals surface area contributed by atoms with E-state index in [0.29, 0.717) is 30.3 Å². The number of ether oxygens (including phenoxy) is 2. The summed E-state index contributed by atoms with van der Waals surface area (Å²) in [5.74, 6) is 1.000. The second-order valence-corrected chi connectivity index (χ2v) is 7.24. The molecule has 3 rings (SSSR count). The molecule has 0 aromatic heterocycles. The Hall–Kier alpha value is -3.22. The molecule has 3 amide bonds. The molecular weight excluding hydrogens is 382 g/mol. The van der Waals surface area contributed by atoms with Gasteiger partial charge in [0.15, 0.2) is 0 Å². The van der Waals surface area contributed by atoms with Gasteiger partial charge in [-0.1, -0.05) is 25.5 Å². The third-order valence-electron chi connectivity index (χ3n) is 5.16. The molecule has 1 saturated heterocycles. The Morgan fingerprint density at radius 3 is 2.50 bits per heavy atom. The van der Waals surface area contributed by atoms with Gasteiger partial charge in [-0.05, 0) is 42.7 Å². The van der Waals surface area contributed by atoms with Crippen LogP contribution in [-0.2, 0) is 11.2 Å². The molecule has 1 N–H and O–H groups in total. The average Bonchev–Trinajstić information content (AvgIpc) is 3.12. The number of urea groups is 1. The first-order valence-electron chi connectivity index (χ1n) is 10.2. The smallest absolute Gasteiger partial charge is 0.325 e. The summed E-state index contributed by atoms with van der Waals surface area (Å²) < 4.78 is 10.7. The van der Waals surface area contributed by atoms with Gasteiger partial charge in [0.25, 0.3) is 0 Å². The van der Waals surface area contributed by atoms with Crippen LogP contribution in [0.25, 0.3) is 0 Å². The zero-order valence-corrected chi connectivity index (χ0v) is 17.8. The van der Waals surface area contributed by atoms with Crippen molar-refractivity contribution in [1.29, 1.82) is 0 Å². The highest BCUT2D eigenvalue weighted by atomic mass is 16.5. The molecule has 1 fully saturated rings. The molecule has 0 aliphatic carbocycles.